The number of rotatable bonds is 4. The third-order valence-corrected chi connectivity index (χ3v) is 4.73. The summed E-state index contributed by atoms with van der Waals surface area (Å²) in [5, 5.41) is 10.1. The molecule has 0 saturated carbocycles. The van der Waals surface area contributed by atoms with Gasteiger partial charge in [0.05, 0.1) is 0 Å². The highest BCUT2D eigenvalue weighted by Gasteiger charge is 2.29. The van der Waals surface area contributed by atoms with Crippen molar-refractivity contribution in [2.75, 3.05) is 30.4 Å². The number of benzene rings is 1. The number of likely N-dealkylation sites (tertiary alicyclic amines) is 1. The Morgan fingerprint density at radius 2 is 2.24 bits per heavy atom. The first kappa shape index (κ1) is 17.3. The Hall–Kier alpha value is -2.57. The van der Waals surface area contributed by atoms with Crippen LogP contribution in [0.25, 0.3) is 0 Å². The highest BCUT2D eigenvalue weighted by atomic mass is 16.2. The summed E-state index contributed by atoms with van der Waals surface area (Å²) in [5.74, 6) is 1.81. The van der Waals surface area contributed by atoms with Crippen LogP contribution in [0.4, 0.5) is 16.2 Å². The summed E-state index contributed by atoms with van der Waals surface area (Å²) in [6, 6.07) is 8.26. The van der Waals surface area contributed by atoms with Gasteiger partial charge in [-0.15, -0.1) is 0 Å². The second-order valence-electron chi connectivity index (χ2n) is 6.90. The van der Waals surface area contributed by atoms with Crippen LogP contribution in [-0.4, -0.2) is 52.3 Å². The molecule has 1 fully saturated rings. The zero-order chi connectivity index (χ0) is 18.0. The first-order valence-electron chi connectivity index (χ1n) is 8.71. The summed E-state index contributed by atoms with van der Waals surface area (Å²) < 4.78 is 0. The van der Waals surface area contributed by atoms with Crippen molar-refractivity contribution in [3.05, 3.63) is 35.9 Å². The van der Waals surface area contributed by atoms with Crippen molar-refractivity contribution in [2.45, 2.75) is 39.2 Å². The number of hydrogen-bond donors (Lipinski definition) is 2. The lowest BCUT2D eigenvalue weighted by molar-refractivity contribution is 0.222. The molecule has 2 aromatic rings. The zero-order valence-corrected chi connectivity index (χ0v) is 15.3. The van der Waals surface area contributed by atoms with Crippen molar-refractivity contribution in [1.82, 2.24) is 20.1 Å². The molecule has 0 aliphatic carbocycles. The standard InChI is InChI=1S/C18H26N6O/c1-12(2)23(4)16-7-5-6-15(10-16)20-18(25)24-9-8-14(11-24)17-19-13(3)21-22-17/h5-7,10,12,14H,8-9,11H2,1-4H3,(H,20,25)(H,19,21,22)/t14-/m1/s1. The number of carbonyl (C=O) groups is 1. The van der Waals surface area contributed by atoms with Crippen LogP contribution in [0.5, 0.6) is 0 Å². The lowest BCUT2D eigenvalue weighted by Crippen LogP contribution is -2.33. The van der Waals surface area contributed by atoms with Gasteiger partial charge in [0.1, 0.15) is 5.82 Å². The second kappa shape index (κ2) is 7.13. The monoisotopic (exact) mass is 342 g/mol. The van der Waals surface area contributed by atoms with Gasteiger partial charge in [0, 0.05) is 43.5 Å². The average molecular weight is 342 g/mol. The average Bonchev–Trinajstić information content (AvgIpc) is 3.23. The summed E-state index contributed by atoms with van der Waals surface area (Å²) >= 11 is 0. The maximum absolute atomic E-state index is 12.6. The summed E-state index contributed by atoms with van der Waals surface area (Å²) in [7, 11) is 2.05. The lowest BCUT2D eigenvalue weighted by Gasteiger charge is -2.24. The fraction of sp³-hybridized carbons (Fsp3) is 0.500. The molecule has 1 aliphatic rings. The Labute approximate surface area is 148 Å². The van der Waals surface area contributed by atoms with E-state index in [1.165, 1.54) is 0 Å². The summed E-state index contributed by atoms with van der Waals surface area (Å²) in [4.78, 5) is 21.0. The molecule has 1 aromatic heterocycles. The quantitative estimate of drug-likeness (QED) is 0.895. The van der Waals surface area contributed by atoms with E-state index in [1.807, 2.05) is 36.1 Å². The molecule has 1 saturated heterocycles. The molecular weight excluding hydrogens is 316 g/mol. The van der Waals surface area contributed by atoms with Crippen molar-refractivity contribution in [3.8, 4) is 0 Å². The van der Waals surface area contributed by atoms with Crippen molar-refractivity contribution < 1.29 is 4.79 Å². The van der Waals surface area contributed by atoms with Gasteiger partial charge in [-0.3, -0.25) is 5.10 Å². The maximum Gasteiger partial charge on any atom is 0.321 e. The second-order valence-corrected chi connectivity index (χ2v) is 6.90. The van der Waals surface area contributed by atoms with Crippen molar-refractivity contribution in [1.29, 1.82) is 0 Å². The van der Waals surface area contributed by atoms with E-state index in [-0.39, 0.29) is 11.9 Å². The highest BCUT2D eigenvalue weighted by molar-refractivity contribution is 5.90. The minimum absolute atomic E-state index is 0.0703. The number of aryl methyl sites for hydroxylation is 1. The molecule has 2 heterocycles. The van der Waals surface area contributed by atoms with Gasteiger partial charge >= 0.3 is 6.03 Å². The van der Waals surface area contributed by atoms with Gasteiger partial charge in [-0.1, -0.05) is 6.07 Å². The van der Waals surface area contributed by atoms with E-state index in [1.54, 1.807) is 0 Å². The Bertz CT molecular complexity index is 741. The number of H-pyrrole nitrogens is 1. The third-order valence-electron chi connectivity index (χ3n) is 4.73. The van der Waals surface area contributed by atoms with Crippen LogP contribution in [0, 0.1) is 6.92 Å². The van der Waals surface area contributed by atoms with Gasteiger partial charge in [0.25, 0.3) is 0 Å². The zero-order valence-electron chi connectivity index (χ0n) is 15.3. The highest BCUT2D eigenvalue weighted by Crippen LogP contribution is 2.26. The third kappa shape index (κ3) is 3.92. The predicted octanol–water partition coefficient (Wildman–Crippen LogP) is 2.98. The minimum Gasteiger partial charge on any atom is -0.372 e. The van der Waals surface area contributed by atoms with Crippen LogP contribution < -0.4 is 10.2 Å². The van der Waals surface area contributed by atoms with Crippen LogP contribution in [0.3, 0.4) is 0 Å². The molecule has 2 N–H and O–H groups in total. The van der Waals surface area contributed by atoms with E-state index < -0.39 is 0 Å². The number of hydrogen-bond acceptors (Lipinski definition) is 4. The number of anilines is 2. The van der Waals surface area contributed by atoms with Gasteiger partial charge in [0.2, 0.25) is 0 Å². The van der Waals surface area contributed by atoms with Gasteiger partial charge in [0.15, 0.2) is 5.82 Å². The van der Waals surface area contributed by atoms with E-state index in [0.29, 0.717) is 12.6 Å². The van der Waals surface area contributed by atoms with Crippen LogP contribution in [-0.2, 0) is 0 Å². The van der Waals surface area contributed by atoms with E-state index in [9.17, 15) is 4.79 Å². The topological polar surface area (TPSA) is 77.2 Å². The number of nitrogens with zero attached hydrogens (tertiary/aromatic N) is 4. The Morgan fingerprint density at radius 3 is 2.92 bits per heavy atom. The molecule has 134 valence electrons. The summed E-state index contributed by atoms with van der Waals surface area (Å²) in [5.41, 5.74) is 1.90. The lowest BCUT2D eigenvalue weighted by atomic mass is 10.1. The first-order chi connectivity index (χ1) is 11.9. The number of nitrogens with one attached hydrogen (secondary N) is 2. The fourth-order valence-electron chi connectivity index (χ4n) is 3.00. The molecule has 2 amide bonds. The van der Waals surface area contributed by atoms with Crippen LogP contribution in [0.1, 0.15) is 37.8 Å². The predicted molar refractivity (Wildman–Crippen MR) is 99.1 cm³/mol. The van der Waals surface area contributed by atoms with Crippen LogP contribution in [0.15, 0.2) is 24.3 Å². The minimum atomic E-state index is -0.0703. The van der Waals surface area contributed by atoms with E-state index in [2.05, 4.69) is 46.3 Å². The normalized spacial score (nSPS) is 17.2. The number of aromatic nitrogens is 3. The van der Waals surface area contributed by atoms with Crippen molar-refractivity contribution >= 4 is 17.4 Å². The molecule has 25 heavy (non-hydrogen) atoms. The molecule has 0 spiro atoms. The molecule has 1 aromatic carbocycles. The number of urea groups is 1. The molecule has 7 heteroatoms. The van der Waals surface area contributed by atoms with E-state index >= 15 is 0 Å². The van der Waals surface area contributed by atoms with E-state index in [4.69, 9.17) is 0 Å². The number of carbonyl (C=O) groups excluding carboxylic acids is 1. The maximum atomic E-state index is 12.6. The summed E-state index contributed by atoms with van der Waals surface area (Å²) in [6.45, 7) is 7.53. The number of aromatic amines is 1. The fourth-order valence-corrected chi connectivity index (χ4v) is 3.00. The smallest absolute Gasteiger partial charge is 0.321 e. The number of amides is 2. The van der Waals surface area contributed by atoms with Crippen LogP contribution >= 0.6 is 0 Å². The molecule has 0 radical (unpaired) electrons. The molecule has 0 unspecified atom stereocenters. The van der Waals surface area contributed by atoms with Gasteiger partial charge in [-0.05, 0) is 45.4 Å². The summed E-state index contributed by atoms with van der Waals surface area (Å²) in [6.07, 6.45) is 0.890. The largest absolute Gasteiger partial charge is 0.372 e. The molecule has 3 rings (SSSR count). The van der Waals surface area contributed by atoms with E-state index in [0.717, 1.165) is 36.0 Å². The molecular formula is C18H26N6O. The van der Waals surface area contributed by atoms with Gasteiger partial charge < -0.3 is 15.1 Å². The Morgan fingerprint density at radius 1 is 1.44 bits per heavy atom. The van der Waals surface area contributed by atoms with Gasteiger partial charge in [-0.25, -0.2) is 9.78 Å². The molecule has 1 atom stereocenters. The van der Waals surface area contributed by atoms with Crippen molar-refractivity contribution in [2.24, 2.45) is 0 Å². The van der Waals surface area contributed by atoms with Crippen LogP contribution in [0.2, 0.25) is 0 Å². The van der Waals surface area contributed by atoms with Gasteiger partial charge in [-0.2, -0.15) is 5.10 Å². The molecule has 0 bridgehead atoms. The van der Waals surface area contributed by atoms with Crippen molar-refractivity contribution in [3.63, 3.8) is 0 Å². The SMILES string of the molecule is Cc1nc([C@@H]2CCN(C(=O)Nc3cccc(N(C)C(C)C)c3)C2)n[nH]1. The molecule has 1 aliphatic heterocycles. The first-order valence-corrected chi connectivity index (χ1v) is 8.71. The molecule has 7 nitrogen and oxygen atoms in total. The Kier molecular flexibility index (Phi) is 4.92. The Balaban J connectivity index is 1.62.